The summed E-state index contributed by atoms with van der Waals surface area (Å²) in [4.78, 5) is 2.13. The second kappa shape index (κ2) is 13.7. The van der Waals surface area contributed by atoms with Gasteiger partial charge in [0.1, 0.15) is 5.75 Å². The molecule has 0 aromatic heterocycles. The van der Waals surface area contributed by atoms with Gasteiger partial charge in [-0.3, -0.25) is 4.72 Å². The smallest absolute Gasteiger partial charge is 0.261 e. The Morgan fingerprint density at radius 3 is 2.37 bits per heavy atom. The van der Waals surface area contributed by atoms with Gasteiger partial charge in [-0.05, 0) is 60.1 Å². The molecule has 10 heteroatoms. The number of benzene rings is 4. The number of sulfonamides is 1. The Labute approximate surface area is 252 Å². The third-order valence-electron chi connectivity index (χ3n) is 7.33. The van der Waals surface area contributed by atoms with Crippen LogP contribution < -0.4 is 4.72 Å². The van der Waals surface area contributed by atoms with Crippen molar-refractivity contribution >= 4 is 15.7 Å². The number of phenols is 1. The van der Waals surface area contributed by atoms with E-state index in [0.717, 1.165) is 11.1 Å². The molecule has 4 N–H and O–H groups in total. The van der Waals surface area contributed by atoms with Crippen molar-refractivity contribution in [1.29, 1.82) is 0 Å². The van der Waals surface area contributed by atoms with Gasteiger partial charge in [-0.15, -0.1) is 0 Å². The van der Waals surface area contributed by atoms with Crippen molar-refractivity contribution in [2.45, 2.75) is 42.5 Å². The van der Waals surface area contributed by atoms with Crippen molar-refractivity contribution in [3.05, 3.63) is 125 Å². The van der Waals surface area contributed by atoms with Crippen LogP contribution in [0.15, 0.2) is 108 Å². The third-order valence-corrected chi connectivity index (χ3v) is 8.73. The summed E-state index contributed by atoms with van der Waals surface area (Å²) in [6, 6.07) is 29.2. The molecule has 0 amide bonds. The van der Waals surface area contributed by atoms with Gasteiger partial charge in [0.05, 0.1) is 29.8 Å². The van der Waals surface area contributed by atoms with Crippen molar-refractivity contribution in [3.63, 3.8) is 0 Å². The minimum Gasteiger partial charge on any atom is -0.508 e. The lowest BCUT2D eigenvalue weighted by molar-refractivity contribution is -0.252. The summed E-state index contributed by atoms with van der Waals surface area (Å²) in [6.45, 7) is 0.751. The van der Waals surface area contributed by atoms with E-state index in [1.165, 1.54) is 12.1 Å². The van der Waals surface area contributed by atoms with E-state index in [1.807, 2.05) is 42.3 Å². The fourth-order valence-corrected chi connectivity index (χ4v) is 6.22. The number of phenolic OH excluding ortho intramolecular Hbond substituents is 1. The highest BCUT2D eigenvalue weighted by molar-refractivity contribution is 7.92. The lowest BCUT2D eigenvalue weighted by Gasteiger charge is -2.38. The van der Waals surface area contributed by atoms with E-state index in [2.05, 4.69) is 4.72 Å². The number of hydrogen-bond donors (Lipinski definition) is 4. The first-order valence-electron chi connectivity index (χ1n) is 14.0. The molecule has 226 valence electrons. The maximum absolute atomic E-state index is 12.9. The monoisotopic (exact) mass is 604 g/mol. The number of anilines is 1. The number of aliphatic hydroxyl groups is 2. The molecule has 0 aliphatic carbocycles. The second-order valence-electron chi connectivity index (χ2n) is 10.7. The average Bonchev–Trinajstić information content (AvgIpc) is 3.01. The van der Waals surface area contributed by atoms with E-state index in [-0.39, 0.29) is 29.5 Å². The van der Waals surface area contributed by atoms with Crippen LogP contribution in [0.25, 0.3) is 0 Å². The Balaban J connectivity index is 1.35. The van der Waals surface area contributed by atoms with Gasteiger partial charge in [0, 0.05) is 30.8 Å². The molecule has 1 heterocycles. The minimum absolute atomic E-state index is 0.0574. The summed E-state index contributed by atoms with van der Waals surface area (Å²) in [5.74, 6) is 0.0955. The average molecular weight is 605 g/mol. The van der Waals surface area contributed by atoms with Gasteiger partial charge in [-0.2, -0.15) is 0 Å². The molecule has 0 spiro atoms. The first kappa shape index (κ1) is 30.7. The molecule has 4 atom stereocenters. The molecule has 1 saturated heterocycles. The third kappa shape index (κ3) is 7.99. The van der Waals surface area contributed by atoms with Crippen molar-refractivity contribution < 1.29 is 33.2 Å². The van der Waals surface area contributed by atoms with Crippen LogP contribution in [-0.2, 0) is 26.1 Å². The highest BCUT2D eigenvalue weighted by atomic mass is 32.2. The fraction of sp³-hybridized carbons (Fsp3) is 0.273. The Morgan fingerprint density at radius 1 is 0.907 bits per heavy atom. The minimum atomic E-state index is -3.78. The highest BCUT2D eigenvalue weighted by Gasteiger charge is 2.33. The number of aromatic hydroxyl groups is 1. The Kier molecular flexibility index (Phi) is 9.76. The molecule has 0 unspecified atom stereocenters. The first-order valence-corrected chi connectivity index (χ1v) is 15.5. The molecule has 9 nitrogen and oxygen atoms in total. The molecule has 1 fully saturated rings. The standard InChI is InChI=1S/C33H36N2O7S/c1-35(21-31(38)25-7-6-10-28(37)18-25)20-29-19-32(24-15-13-23(22-36)14-16-24)42-33(41-29)26-8-5-9-27(17-26)34-43(39,40)30-11-3-2-4-12-30/h2-18,29,31-34,36-38H,19-22H2,1H3/t29-,31-,32+,33+/m1/s1. The fourth-order valence-electron chi connectivity index (χ4n) is 5.15. The molecule has 0 radical (unpaired) electrons. The van der Waals surface area contributed by atoms with Gasteiger partial charge < -0.3 is 29.7 Å². The van der Waals surface area contributed by atoms with E-state index in [4.69, 9.17) is 9.47 Å². The van der Waals surface area contributed by atoms with Crippen molar-refractivity contribution in [1.82, 2.24) is 4.90 Å². The molecule has 5 rings (SSSR count). The van der Waals surface area contributed by atoms with Gasteiger partial charge >= 0.3 is 0 Å². The maximum atomic E-state index is 12.9. The number of rotatable bonds is 11. The summed E-state index contributed by atoms with van der Waals surface area (Å²) in [5, 5.41) is 30.0. The van der Waals surface area contributed by atoms with E-state index in [1.54, 1.807) is 60.7 Å². The molecule has 1 aliphatic heterocycles. The van der Waals surface area contributed by atoms with Crippen LogP contribution in [-0.4, -0.2) is 54.9 Å². The van der Waals surface area contributed by atoms with Crippen LogP contribution in [0, 0.1) is 0 Å². The summed E-state index contributed by atoms with van der Waals surface area (Å²) < 4.78 is 41.3. The molecule has 43 heavy (non-hydrogen) atoms. The van der Waals surface area contributed by atoms with Crippen LogP contribution in [0.5, 0.6) is 5.75 Å². The summed E-state index contributed by atoms with van der Waals surface area (Å²) in [7, 11) is -1.89. The quantitative estimate of drug-likeness (QED) is 0.190. The maximum Gasteiger partial charge on any atom is 0.261 e. The predicted molar refractivity (Wildman–Crippen MR) is 163 cm³/mol. The van der Waals surface area contributed by atoms with Crippen LogP contribution in [0.2, 0.25) is 0 Å². The Hall–Kier alpha value is -3.77. The van der Waals surface area contributed by atoms with Crippen LogP contribution in [0.4, 0.5) is 5.69 Å². The summed E-state index contributed by atoms with van der Waals surface area (Å²) in [6.07, 6.45) is -1.66. The lowest BCUT2D eigenvalue weighted by atomic mass is 9.99. The molecule has 0 bridgehead atoms. The Bertz CT molecular complexity index is 1600. The molecule has 4 aromatic carbocycles. The van der Waals surface area contributed by atoms with Crippen molar-refractivity contribution in [2.24, 2.45) is 0 Å². The van der Waals surface area contributed by atoms with Gasteiger partial charge in [0.15, 0.2) is 6.29 Å². The summed E-state index contributed by atoms with van der Waals surface area (Å²) in [5.41, 5.74) is 3.37. The largest absolute Gasteiger partial charge is 0.508 e. The summed E-state index contributed by atoms with van der Waals surface area (Å²) >= 11 is 0. The van der Waals surface area contributed by atoms with E-state index in [0.29, 0.717) is 36.3 Å². The highest BCUT2D eigenvalue weighted by Crippen LogP contribution is 2.39. The van der Waals surface area contributed by atoms with E-state index < -0.39 is 22.4 Å². The van der Waals surface area contributed by atoms with Gasteiger partial charge in [0.25, 0.3) is 10.0 Å². The molecular weight excluding hydrogens is 568 g/mol. The zero-order chi connectivity index (χ0) is 30.4. The topological polar surface area (TPSA) is 129 Å². The van der Waals surface area contributed by atoms with Crippen molar-refractivity contribution in [3.8, 4) is 5.75 Å². The van der Waals surface area contributed by atoms with Crippen LogP contribution in [0.3, 0.4) is 0 Å². The Morgan fingerprint density at radius 2 is 1.65 bits per heavy atom. The van der Waals surface area contributed by atoms with Gasteiger partial charge in [0.2, 0.25) is 0 Å². The molecule has 1 aliphatic rings. The van der Waals surface area contributed by atoms with E-state index in [9.17, 15) is 23.7 Å². The number of hydrogen-bond acceptors (Lipinski definition) is 8. The molecule has 0 saturated carbocycles. The zero-order valence-corrected chi connectivity index (χ0v) is 24.6. The first-order chi connectivity index (χ1) is 20.7. The van der Waals surface area contributed by atoms with Gasteiger partial charge in [-0.1, -0.05) is 66.7 Å². The number of nitrogens with one attached hydrogen (secondary N) is 1. The number of aliphatic hydroxyl groups excluding tert-OH is 2. The van der Waals surface area contributed by atoms with Crippen molar-refractivity contribution in [2.75, 3.05) is 24.9 Å². The molecular formula is C33H36N2O7S. The van der Waals surface area contributed by atoms with Crippen LogP contribution >= 0.6 is 0 Å². The zero-order valence-electron chi connectivity index (χ0n) is 23.8. The number of nitrogens with zero attached hydrogens (tertiary/aromatic N) is 1. The normalized spacial score (nSPS) is 19.7. The van der Waals surface area contributed by atoms with Gasteiger partial charge in [-0.25, -0.2) is 8.42 Å². The number of likely N-dealkylation sites (N-methyl/N-ethyl adjacent to an activating group) is 1. The van der Waals surface area contributed by atoms with E-state index >= 15 is 0 Å². The van der Waals surface area contributed by atoms with Crippen LogP contribution in [0.1, 0.15) is 47.2 Å². The number of ether oxygens (including phenoxy) is 2. The SMILES string of the molecule is CN(C[C@H]1C[C@@H](c2ccc(CO)cc2)O[C@@H](c2cccc(NS(=O)(=O)c3ccccc3)c2)O1)C[C@@H](O)c1cccc(O)c1. The predicted octanol–water partition coefficient (Wildman–Crippen LogP) is 4.90. The lowest BCUT2D eigenvalue weighted by Crippen LogP contribution is -2.39. The molecule has 4 aromatic rings. The second-order valence-corrected chi connectivity index (χ2v) is 12.4.